The zero-order valence-corrected chi connectivity index (χ0v) is 18.6. The molecule has 1 N–H and O–H groups in total. The van der Waals surface area contributed by atoms with Crippen LogP contribution in [0, 0.1) is 5.41 Å². The first-order valence-corrected chi connectivity index (χ1v) is 10.2. The first kappa shape index (κ1) is 22.7. The molecule has 0 bridgehead atoms. The molecule has 0 spiro atoms. The molecule has 0 heterocycles. The molecule has 2 aromatic rings. The highest BCUT2D eigenvalue weighted by molar-refractivity contribution is 6.00. The standard InChI is InChI=1S/C25H34N2O2/c1-7-22(19-11-9-8-10-12-19)26-27-23(28)17-29-21-15-13-20(14-16-21)25(5,6)18-24(2,3)4/h8-16H,7,17-18H2,1-6H3,(H,27,28)/b26-22-. The number of carbonyl (C=O) groups excluding carboxylic acids is 1. The maximum absolute atomic E-state index is 12.1. The fourth-order valence-corrected chi connectivity index (χ4v) is 3.72. The van der Waals surface area contributed by atoms with Crippen LogP contribution in [-0.4, -0.2) is 18.2 Å². The van der Waals surface area contributed by atoms with Crippen LogP contribution in [-0.2, 0) is 10.2 Å². The van der Waals surface area contributed by atoms with Gasteiger partial charge in [0.25, 0.3) is 5.91 Å². The Labute approximate surface area is 175 Å². The smallest absolute Gasteiger partial charge is 0.277 e. The summed E-state index contributed by atoms with van der Waals surface area (Å²) < 4.78 is 5.63. The number of nitrogens with zero attached hydrogens (tertiary/aromatic N) is 1. The van der Waals surface area contributed by atoms with E-state index in [4.69, 9.17) is 4.74 Å². The predicted octanol–water partition coefficient (Wildman–Crippen LogP) is 5.71. The topological polar surface area (TPSA) is 50.7 Å². The number of rotatable bonds is 8. The minimum Gasteiger partial charge on any atom is -0.484 e. The van der Waals surface area contributed by atoms with E-state index >= 15 is 0 Å². The van der Waals surface area contributed by atoms with Crippen LogP contribution in [0.4, 0.5) is 0 Å². The number of hydrogen-bond donors (Lipinski definition) is 1. The average molecular weight is 395 g/mol. The summed E-state index contributed by atoms with van der Waals surface area (Å²) in [5, 5.41) is 4.24. The maximum atomic E-state index is 12.1. The highest BCUT2D eigenvalue weighted by atomic mass is 16.5. The van der Waals surface area contributed by atoms with Crippen molar-refractivity contribution in [2.75, 3.05) is 6.61 Å². The molecule has 0 fully saturated rings. The number of benzene rings is 2. The van der Waals surface area contributed by atoms with Crippen LogP contribution in [0.1, 0.15) is 65.5 Å². The monoisotopic (exact) mass is 394 g/mol. The molecule has 1 amide bonds. The van der Waals surface area contributed by atoms with Gasteiger partial charge < -0.3 is 4.74 Å². The minimum absolute atomic E-state index is 0.0694. The molecule has 0 aliphatic heterocycles. The Balaban J connectivity index is 1.91. The second-order valence-corrected chi connectivity index (χ2v) is 9.25. The van der Waals surface area contributed by atoms with Crippen LogP contribution in [0.2, 0.25) is 0 Å². The third-order valence-corrected chi connectivity index (χ3v) is 4.74. The molecule has 4 nitrogen and oxygen atoms in total. The van der Waals surface area contributed by atoms with Gasteiger partial charge in [-0.3, -0.25) is 4.79 Å². The second kappa shape index (κ2) is 9.73. The fraction of sp³-hybridized carbons (Fsp3) is 0.440. The summed E-state index contributed by atoms with van der Waals surface area (Å²) in [5.41, 5.74) is 6.04. The lowest BCUT2D eigenvalue weighted by Gasteiger charge is -2.33. The van der Waals surface area contributed by atoms with Gasteiger partial charge in [-0.1, -0.05) is 84.0 Å². The van der Waals surface area contributed by atoms with Crippen molar-refractivity contribution in [1.82, 2.24) is 5.43 Å². The van der Waals surface area contributed by atoms with E-state index in [1.807, 2.05) is 49.4 Å². The maximum Gasteiger partial charge on any atom is 0.277 e. The van der Waals surface area contributed by atoms with Crippen LogP contribution < -0.4 is 10.2 Å². The molecule has 2 rings (SSSR count). The molecule has 0 radical (unpaired) electrons. The molecule has 0 atom stereocenters. The quantitative estimate of drug-likeness (QED) is 0.460. The third-order valence-electron chi connectivity index (χ3n) is 4.74. The second-order valence-electron chi connectivity index (χ2n) is 9.25. The molecule has 0 aliphatic rings. The Morgan fingerprint density at radius 2 is 1.59 bits per heavy atom. The van der Waals surface area contributed by atoms with Crippen LogP contribution in [0.3, 0.4) is 0 Å². The van der Waals surface area contributed by atoms with Gasteiger partial charge in [0.2, 0.25) is 0 Å². The molecular weight excluding hydrogens is 360 g/mol. The van der Waals surface area contributed by atoms with Gasteiger partial charge in [0.1, 0.15) is 5.75 Å². The lowest BCUT2D eigenvalue weighted by Crippen LogP contribution is -2.26. The van der Waals surface area contributed by atoms with Gasteiger partial charge in [0.15, 0.2) is 6.61 Å². The zero-order chi connectivity index (χ0) is 21.5. The number of hydrogen-bond acceptors (Lipinski definition) is 3. The highest BCUT2D eigenvalue weighted by Crippen LogP contribution is 2.36. The summed E-state index contributed by atoms with van der Waals surface area (Å²) in [6.45, 7) is 13.2. The predicted molar refractivity (Wildman–Crippen MR) is 120 cm³/mol. The molecule has 0 aliphatic carbocycles. The van der Waals surface area contributed by atoms with Crippen molar-refractivity contribution in [3.63, 3.8) is 0 Å². The zero-order valence-electron chi connectivity index (χ0n) is 18.6. The Kier molecular flexibility index (Phi) is 7.60. The summed E-state index contributed by atoms with van der Waals surface area (Å²) in [6, 6.07) is 17.9. The number of hydrazone groups is 1. The van der Waals surface area contributed by atoms with Gasteiger partial charge in [0, 0.05) is 0 Å². The van der Waals surface area contributed by atoms with Gasteiger partial charge in [-0.05, 0) is 46.9 Å². The van der Waals surface area contributed by atoms with Gasteiger partial charge in [-0.2, -0.15) is 5.10 Å². The van der Waals surface area contributed by atoms with E-state index in [9.17, 15) is 4.79 Å². The van der Waals surface area contributed by atoms with E-state index in [1.54, 1.807) is 0 Å². The van der Waals surface area contributed by atoms with Crippen molar-refractivity contribution in [2.45, 2.75) is 59.8 Å². The number of nitrogens with one attached hydrogen (secondary N) is 1. The normalized spacial score (nSPS) is 12.6. The SMILES string of the molecule is CC/C(=N/NC(=O)COc1ccc(C(C)(C)CC(C)(C)C)cc1)c1ccccc1. The van der Waals surface area contributed by atoms with Gasteiger partial charge in [-0.15, -0.1) is 0 Å². The molecule has 0 aromatic heterocycles. The van der Waals surface area contributed by atoms with E-state index in [-0.39, 0.29) is 23.3 Å². The van der Waals surface area contributed by atoms with E-state index in [0.29, 0.717) is 5.75 Å². The van der Waals surface area contributed by atoms with E-state index in [0.717, 1.165) is 24.1 Å². The Morgan fingerprint density at radius 3 is 2.14 bits per heavy atom. The van der Waals surface area contributed by atoms with Crippen LogP contribution >= 0.6 is 0 Å². The van der Waals surface area contributed by atoms with E-state index < -0.39 is 0 Å². The highest BCUT2D eigenvalue weighted by Gasteiger charge is 2.27. The summed E-state index contributed by atoms with van der Waals surface area (Å²) in [5.74, 6) is 0.405. The molecule has 29 heavy (non-hydrogen) atoms. The first-order chi connectivity index (χ1) is 13.6. The van der Waals surface area contributed by atoms with Gasteiger partial charge in [0.05, 0.1) is 5.71 Å². The first-order valence-electron chi connectivity index (χ1n) is 10.2. The van der Waals surface area contributed by atoms with Crippen molar-refractivity contribution in [1.29, 1.82) is 0 Å². The molecule has 2 aromatic carbocycles. The Bertz CT molecular complexity index is 816. The average Bonchev–Trinajstić information content (AvgIpc) is 2.66. The molecule has 0 saturated carbocycles. The van der Waals surface area contributed by atoms with Crippen LogP contribution in [0.25, 0.3) is 0 Å². The lowest BCUT2D eigenvalue weighted by atomic mass is 9.72. The van der Waals surface area contributed by atoms with Crippen molar-refractivity contribution < 1.29 is 9.53 Å². The Morgan fingerprint density at radius 1 is 0.966 bits per heavy atom. The summed E-state index contributed by atoms with van der Waals surface area (Å²) >= 11 is 0. The summed E-state index contributed by atoms with van der Waals surface area (Å²) in [4.78, 5) is 12.1. The van der Waals surface area contributed by atoms with Crippen LogP contribution in [0.5, 0.6) is 5.75 Å². The largest absolute Gasteiger partial charge is 0.484 e. The van der Waals surface area contributed by atoms with Gasteiger partial charge >= 0.3 is 0 Å². The van der Waals surface area contributed by atoms with E-state index in [1.165, 1.54) is 5.56 Å². The molecule has 0 unspecified atom stereocenters. The fourth-order valence-electron chi connectivity index (χ4n) is 3.72. The minimum atomic E-state index is -0.274. The summed E-state index contributed by atoms with van der Waals surface area (Å²) in [6.07, 6.45) is 1.82. The number of amides is 1. The molecular formula is C25H34N2O2. The van der Waals surface area contributed by atoms with Crippen molar-refractivity contribution in [3.05, 3.63) is 65.7 Å². The Hall–Kier alpha value is -2.62. The van der Waals surface area contributed by atoms with Crippen LogP contribution in [0.15, 0.2) is 59.7 Å². The van der Waals surface area contributed by atoms with Crippen molar-refractivity contribution in [2.24, 2.45) is 10.5 Å². The molecule has 156 valence electrons. The van der Waals surface area contributed by atoms with Crippen molar-refractivity contribution in [3.8, 4) is 5.75 Å². The van der Waals surface area contributed by atoms with E-state index in [2.05, 4.69) is 57.3 Å². The van der Waals surface area contributed by atoms with Crippen molar-refractivity contribution >= 4 is 11.6 Å². The third kappa shape index (κ3) is 7.37. The number of ether oxygens (including phenoxy) is 1. The lowest BCUT2D eigenvalue weighted by molar-refractivity contribution is -0.123. The summed E-state index contributed by atoms with van der Waals surface area (Å²) in [7, 11) is 0. The number of carbonyl (C=O) groups is 1. The molecule has 4 heteroatoms. The molecule has 0 saturated heterocycles. The van der Waals surface area contributed by atoms with Gasteiger partial charge in [-0.25, -0.2) is 5.43 Å².